The molecule has 0 bridgehead atoms. The van der Waals surface area contributed by atoms with E-state index in [0.717, 1.165) is 6.54 Å². The Morgan fingerprint density at radius 1 is 1.42 bits per heavy atom. The molecule has 0 amide bonds. The normalized spacial score (nSPS) is 12.9. The van der Waals surface area contributed by atoms with Crippen molar-refractivity contribution in [2.75, 3.05) is 11.4 Å². The van der Waals surface area contributed by atoms with E-state index >= 15 is 0 Å². The van der Waals surface area contributed by atoms with Crippen LogP contribution in [0.5, 0.6) is 0 Å². The molecule has 0 radical (unpaired) electrons. The lowest BCUT2D eigenvalue weighted by atomic mass is 10.3. The first-order valence-electron chi connectivity index (χ1n) is 4.21. The fourth-order valence-corrected chi connectivity index (χ4v) is 2.14. The van der Waals surface area contributed by atoms with Gasteiger partial charge in [-0.25, -0.2) is 0 Å². The van der Waals surface area contributed by atoms with Gasteiger partial charge in [0, 0.05) is 11.9 Å². The summed E-state index contributed by atoms with van der Waals surface area (Å²) in [6, 6.07) is 8.44. The van der Waals surface area contributed by atoms with Gasteiger partial charge in [0.1, 0.15) is 0 Å². The summed E-state index contributed by atoms with van der Waals surface area (Å²) < 4.78 is 0. The van der Waals surface area contributed by atoms with Crippen molar-refractivity contribution in [3.8, 4) is 5.31 Å². The van der Waals surface area contributed by atoms with Gasteiger partial charge < -0.3 is 0 Å². The summed E-state index contributed by atoms with van der Waals surface area (Å²) in [4.78, 5) is 3.52. The number of hydrogen-bond donors (Lipinski definition) is 0. The van der Waals surface area contributed by atoms with Gasteiger partial charge in [0.2, 0.25) is 0 Å². The maximum absolute atomic E-state index is 3.27. The maximum atomic E-state index is 3.27. The van der Waals surface area contributed by atoms with Crippen molar-refractivity contribution in [3.63, 3.8) is 0 Å². The Bertz CT molecular complexity index is 348. The molecular formula is C10H11NS. The molecule has 2 rings (SSSR count). The highest BCUT2D eigenvalue weighted by atomic mass is 32.1. The molecule has 1 aliphatic heterocycles. The molecule has 1 nitrogen and oxygen atoms in total. The first-order valence-corrected chi connectivity index (χ1v) is 5.02. The number of para-hydroxylation sites is 1. The van der Waals surface area contributed by atoms with Crippen LogP contribution in [0.1, 0.15) is 13.3 Å². The van der Waals surface area contributed by atoms with Crippen LogP contribution in [-0.2, 0) is 0 Å². The van der Waals surface area contributed by atoms with Gasteiger partial charge in [-0.15, -0.1) is 0 Å². The molecule has 0 unspecified atom stereocenters. The van der Waals surface area contributed by atoms with Crippen LogP contribution in [0.2, 0.25) is 0 Å². The van der Waals surface area contributed by atoms with Crippen molar-refractivity contribution >= 4 is 16.9 Å². The quantitative estimate of drug-likeness (QED) is 0.671. The molecule has 0 spiro atoms. The molecule has 62 valence electrons. The fourth-order valence-electron chi connectivity index (χ4n) is 1.31. The second kappa shape index (κ2) is 3.18. The number of anilines is 1. The second-order valence-electron chi connectivity index (χ2n) is 2.81. The number of hydrogen-bond acceptors (Lipinski definition) is 1. The number of nitrogens with zero attached hydrogens (tertiary/aromatic N) is 1. The lowest BCUT2D eigenvalue weighted by molar-refractivity contribution is 0.893. The monoisotopic (exact) mass is 177 g/mol. The predicted octanol–water partition coefficient (Wildman–Crippen LogP) is 2.93. The van der Waals surface area contributed by atoms with E-state index in [1.807, 2.05) is 0 Å². The Morgan fingerprint density at radius 2 is 2.25 bits per heavy atom. The van der Waals surface area contributed by atoms with Gasteiger partial charge in [-0.3, -0.25) is 4.90 Å². The van der Waals surface area contributed by atoms with E-state index in [4.69, 9.17) is 0 Å². The zero-order valence-electron chi connectivity index (χ0n) is 7.08. The minimum absolute atomic E-state index is 1.07. The Morgan fingerprint density at radius 3 is 3.08 bits per heavy atom. The summed E-state index contributed by atoms with van der Waals surface area (Å²) in [5.41, 5.74) is 1.31. The Kier molecular flexibility index (Phi) is 2.03. The molecule has 0 fully saturated rings. The molecule has 1 aromatic carbocycles. The van der Waals surface area contributed by atoms with Gasteiger partial charge in [-0.05, 0) is 18.6 Å². The molecular weight excluding hydrogens is 166 g/mol. The van der Waals surface area contributed by atoms with Gasteiger partial charge in [0.15, 0.2) is 0 Å². The molecule has 0 atom stereocenters. The van der Waals surface area contributed by atoms with Crippen LogP contribution in [0, 0.1) is 5.31 Å². The summed E-state index contributed by atoms with van der Waals surface area (Å²) >= 11 is 1.69. The van der Waals surface area contributed by atoms with Crippen molar-refractivity contribution in [3.05, 3.63) is 24.3 Å². The predicted molar refractivity (Wildman–Crippen MR) is 53.8 cm³/mol. The molecule has 1 heterocycles. The molecule has 2 heteroatoms. The lowest BCUT2D eigenvalue weighted by Gasteiger charge is -2.13. The zero-order chi connectivity index (χ0) is 8.39. The molecule has 0 saturated carbocycles. The average molecular weight is 177 g/mol. The third-order valence-electron chi connectivity index (χ3n) is 1.87. The van der Waals surface area contributed by atoms with Crippen LogP contribution in [0.25, 0.3) is 0 Å². The number of fused-ring (bicyclic) bond motifs is 1. The molecule has 12 heavy (non-hydrogen) atoms. The maximum Gasteiger partial charge on any atom is 0.0670 e. The van der Waals surface area contributed by atoms with Crippen molar-refractivity contribution < 1.29 is 0 Å². The van der Waals surface area contributed by atoms with E-state index in [1.54, 1.807) is 11.2 Å². The molecule has 0 saturated heterocycles. The van der Waals surface area contributed by atoms with Gasteiger partial charge in [0.05, 0.1) is 10.6 Å². The largest absolute Gasteiger partial charge is 0.298 e. The van der Waals surface area contributed by atoms with Crippen LogP contribution in [0.3, 0.4) is 0 Å². The second-order valence-corrected chi connectivity index (χ2v) is 3.64. The number of benzene rings is 1. The molecule has 0 aliphatic carbocycles. The SMILES string of the molecule is CCCN1C#Sc2ccccc21. The van der Waals surface area contributed by atoms with Crippen LogP contribution < -0.4 is 4.90 Å². The number of rotatable bonds is 2. The van der Waals surface area contributed by atoms with E-state index in [0.29, 0.717) is 0 Å². The van der Waals surface area contributed by atoms with Gasteiger partial charge in [-0.2, -0.15) is 0 Å². The van der Waals surface area contributed by atoms with Crippen molar-refractivity contribution in [1.82, 2.24) is 0 Å². The first kappa shape index (κ1) is 7.66. The zero-order valence-corrected chi connectivity index (χ0v) is 7.90. The Labute approximate surface area is 76.6 Å². The Balaban J connectivity index is 2.32. The third-order valence-corrected chi connectivity index (χ3v) is 2.75. The van der Waals surface area contributed by atoms with Gasteiger partial charge in [0.25, 0.3) is 0 Å². The van der Waals surface area contributed by atoms with Gasteiger partial charge >= 0.3 is 0 Å². The van der Waals surface area contributed by atoms with E-state index in [1.165, 1.54) is 17.0 Å². The van der Waals surface area contributed by atoms with Crippen molar-refractivity contribution in [2.45, 2.75) is 18.2 Å². The van der Waals surface area contributed by atoms with Crippen LogP contribution >= 0.6 is 11.2 Å². The lowest BCUT2D eigenvalue weighted by Crippen LogP contribution is -2.15. The van der Waals surface area contributed by atoms with E-state index < -0.39 is 0 Å². The molecule has 1 aromatic rings. The fraction of sp³-hybridized carbons (Fsp3) is 0.300. The third kappa shape index (κ3) is 1.20. The minimum Gasteiger partial charge on any atom is -0.298 e. The van der Waals surface area contributed by atoms with Crippen LogP contribution in [-0.4, -0.2) is 6.54 Å². The first-order chi connectivity index (χ1) is 5.92. The molecule has 0 N–H and O–H groups in total. The summed E-state index contributed by atoms with van der Waals surface area (Å²) in [5.74, 6) is 0. The highest BCUT2D eigenvalue weighted by molar-refractivity contribution is 7.89. The summed E-state index contributed by atoms with van der Waals surface area (Å²) in [7, 11) is 0. The topological polar surface area (TPSA) is 3.24 Å². The van der Waals surface area contributed by atoms with Crippen LogP contribution in [0.15, 0.2) is 29.2 Å². The highest BCUT2D eigenvalue weighted by Gasteiger charge is 2.10. The van der Waals surface area contributed by atoms with Crippen LogP contribution in [0.4, 0.5) is 5.69 Å². The van der Waals surface area contributed by atoms with E-state index in [-0.39, 0.29) is 0 Å². The summed E-state index contributed by atoms with van der Waals surface area (Å²) in [6.45, 7) is 3.26. The minimum atomic E-state index is 1.07. The standard InChI is InChI=1S/C10H11NS/c1-2-7-11-8-12-10-6-4-3-5-9(10)11/h3-6H,2,7H2,1H3. The van der Waals surface area contributed by atoms with Crippen molar-refractivity contribution in [1.29, 1.82) is 0 Å². The summed E-state index contributed by atoms with van der Waals surface area (Å²) in [6.07, 6.45) is 1.17. The highest BCUT2D eigenvalue weighted by Crippen LogP contribution is 2.29. The van der Waals surface area contributed by atoms with E-state index in [2.05, 4.69) is 41.4 Å². The van der Waals surface area contributed by atoms with Crippen molar-refractivity contribution in [2.24, 2.45) is 0 Å². The molecule has 1 aliphatic rings. The van der Waals surface area contributed by atoms with E-state index in [9.17, 15) is 0 Å². The average Bonchev–Trinajstić information content (AvgIpc) is 2.50. The smallest absolute Gasteiger partial charge is 0.0670 e. The van der Waals surface area contributed by atoms with Gasteiger partial charge in [-0.1, -0.05) is 30.2 Å². The molecule has 0 aromatic heterocycles. The Hall–Kier alpha value is -0.980. The summed E-state index contributed by atoms with van der Waals surface area (Å²) in [5, 5.41) is 3.27.